The Bertz CT molecular complexity index is 943. The minimum absolute atomic E-state index is 0.0347. The molecule has 0 spiro atoms. The van der Waals surface area contributed by atoms with E-state index in [4.69, 9.17) is 15.2 Å². The fraction of sp³-hybridized carbons (Fsp3) is 0.316. The van der Waals surface area contributed by atoms with Crippen molar-refractivity contribution in [3.63, 3.8) is 0 Å². The second-order valence-corrected chi connectivity index (χ2v) is 9.94. The van der Waals surface area contributed by atoms with Gasteiger partial charge in [0, 0.05) is 6.42 Å². The highest BCUT2D eigenvalue weighted by atomic mass is 32.2. The lowest BCUT2D eigenvalue weighted by molar-refractivity contribution is -0.121. The lowest BCUT2D eigenvalue weighted by Gasteiger charge is -2.35. The molecule has 1 saturated heterocycles. The first-order valence-electron chi connectivity index (χ1n) is 8.55. The SMILES string of the molecule is COc1ccc(Oc2ccc(S(=O)(=O)C3(C(N)=O)CCSC(O)C3)cc2)cc1. The zero-order valence-corrected chi connectivity index (χ0v) is 16.8. The summed E-state index contributed by atoms with van der Waals surface area (Å²) >= 11 is 1.21. The molecule has 2 aromatic carbocycles. The van der Waals surface area contributed by atoms with Crippen molar-refractivity contribution in [1.82, 2.24) is 0 Å². The minimum Gasteiger partial charge on any atom is -0.497 e. The third kappa shape index (κ3) is 3.82. The van der Waals surface area contributed by atoms with Crippen LogP contribution in [0.1, 0.15) is 12.8 Å². The number of benzene rings is 2. The fourth-order valence-corrected chi connectivity index (χ4v) is 6.43. The number of amides is 1. The zero-order chi connectivity index (χ0) is 20.4. The molecule has 0 saturated carbocycles. The highest BCUT2D eigenvalue weighted by molar-refractivity contribution is 8.00. The predicted molar refractivity (Wildman–Crippen MR) is 106 cm³/mol. The van der Waals surface area contributed by atoms with E-state index in [1.54, 1.807) is 31.4 Å². The van der Waals surface area contributed by atoms with E-state index in [1.807, 2.05) is 0 Å². The molecule has 9 heteroatoms. The van der Waals surface area contributed by atoms with Gasteiger partial charge in [0.25, 0.3) is 0 Å². The van der Waals surface area contributed by atoms with Crippen LogP contribution in [0.25, 0.3) is 0 Å². The Morgan fingerprint density at radius 1 is 1.11 bits per heavy atom. The molecular weight excluding hydrogens is 402 g/mol. The highest BCUT2D eigenvalue weighted by Crippen LogP contribution is 2.41. The van der Waals surface area contributed by atoms with Gasteiger partial charge in [-0.1, -0.05) is 0 Å². The lowest BCUT2D eigenvalue weighted by Crippen LogP contribution is -2.54. The van der Waals surface area contributed by atoms with Crippen molar-refractivity contribution < 1.29 is 27.8 Å². The molecule has 0 aromatic heterocycles. The molecule has 0 aliphatic carbocycles. The average Bonchev–Trinajstić information content (AvgIpc) is 2.68. The van der Waals surface area contributed by atoms with E-state index in [9.17, 15) is 18.3 Å². The molecule has 1 aliphatic heterocycles. The molecule has 1 aliphatic rings. The first-order chi connectivity index (χ1) is 13.3. The van der Waals surface area contributed by atoms with Crippen LogP contribution in [-0.2, 0) is 14.6 Å². The first-order valence-corrected chi connectivity index (χ1v) is 11.1. The lowest BCUT2D eigenvalue weighted by atomic mass is 10.0. The summed E-state index contributed by atoms with van der Waals surface area (Å²) in [5.74, 6) is 1.10. The standard InChI is InChI=1S/C19H21NO6S2/c1-25-13-2-4-14(5-3-13)26-15-6-8-16(9-7-15)28(23,24)19(18(20)22)10-11-27-17(21)12-19/h2-9,17,21H,10-12H2,1H3,(H2,20,22). The number of methoxy groups -OCH3 is 1. The van der Waals surface area contributed by atoms with Crippen LogP contribution in [0.3, 0.4) is 0 Å². The van der Waals surface area contributed by atoms with Gasteiger partial charge in [0.05, 0.1) is 12.0 Å². The third-order valence-corrected chi connectivity index (χ3v) is 8.20. The molecule has 0 bridgehead atoms. The maximum Gasteiger partial charge on any atom is 0.239 e. The summed E-state index contributed by atoms with van der Waals surface area (Å²) in [6.07, 6.45) is -0.157. The summed E-state index contributed by atoms with van der Waals surface area (Å²) in [6, 6.07) is 12.7. The number of ether oxygens (including phenoxy) is 2. The summed E-state index contributed by atoms with van der Waals surface area (Å²) in [4.78, 5) is 12.1. The number of hydrogen-bond donors (Lipinski definition) is 2. The smallest absolute Gasteiger partial charge is 0.239 e. The Hall–Kier alpha value is -2.23. The molecule has 150 valence electrons. The molecule has 0 radical (unpaired) electrons. The second-order valence-electron chi connectivity index (χ2n) is 6.39. The first kappa shape index (κ1) is 20.5. The van der Waals surface area contributed by atoms with Crippen LogP contribution in [-0.4, -0.2) is 42.5 Å². The maximum absolute atomic E-state index is 13.2. The molecule has 1 fully saturated rings. The maximum atomic E-state index is 13.2. The fourth-order valence-electron chi connectivity index (χ4n) is 3.10. The highest BCUT2D eigenvalue weighted by Gasteiger charge is 2.52. The summed E-state index contributed by atoms with van der Waals surface area (Å²) in [5, 5.41) is 9.91. The van der Waals surface area contributed by atoms with Gasteiger partial charge < -0.3 is 20.3 Å². The van der Waals surface area contributed by atoms with Crippen LogP contribution in [0.5, 0.6) is 17.2 Å². The van der Waals surface area contributed by atoms with Gasteiger partial charge in [-0.15, -0.1) is 11.8 Å². The van der Waals surface area contributed by atoms with E-state index < -0.39 is 25.9 Å². The number of nitrogens with two attached hydrogens (primary N) is 1. The van der Waals surface area contributed by atoms with Crippen LogP contribution < -0.4 is 15.2 Å². The molecule has 1 heterocycles. The van der Waals surface area contributed by atoms with Crippen LogP contribution in [0, 0.1) is 0 Å². The number of rotatable bonds is 6. The Labute approximate surface area is 167 Å². The van der Waals surface area contributed by atoms with Crippen molar-refractivity contribution in [2.45, 2.75) is 27.9 Å². The van der Waals surface area contributed by atoms with Crippen molar-refractivity contribution in [2.24, 2.45) is 5.73 Å². The predicted octanol–water partition coefficient (Wildman–Crippen LogP) is 2.33. The Balaban J connectivity index is 1.85. The van der Waals surface area contributed by atoms with E-state index in [0.717, 1.165) is 0 Å². The number of carbonyl (C=O) groups is 1. The Morgan fingerprint density at radius 3 is 2.14 bits per heavy atom. The summed E-state index contributed by atoms with van der Waals surface area (Å²) in [7, 11) is -2.51. The average molecular weight is 424 g/mol. The molecule has 2 aromatic rings. The van der Waals surface area contributed by atoms with Crippen LogP contribution in [0.4, 0.5) is 0 Å². The van der Waals surface area contributed by atoms with E-state index in [2.05, 4.69) is 0 Å². The van der Waals surface area contributed by atoms with Gasteiger partial charge in [0.15, 0.2) is 14.6 Å². The molecule has 1 amide bonds. The summed E-state index contributed by atoms with van der Waals surface area (Å²) in [6.45, 7) is 0. The number of carbonyl (C=O) groups excluding carboxylic acids is 1. The number of hydrogen-bond acceptors (Lipinski definition) is 7. The quantitative estimate of drug-likeness (QED) is 0.732. The third-order valence-electron chi connectivity index (χ3n) is 4.71. The molecular formula is C19H21NO6S2. The minimum atomic E-state index is -4.07. The molecule has 3 rings (SSSR count). The van der Waals surface area contributed by atoms with E-state index in [1.165, 1.54) is 36.0 Å². The van der Waals surface area contributed by atoms with Crippen LogP contribution in [0.2, 0.25) is 0 Å². The molecule has 3 N–H and O–H groups in total. The topological polar surface area (TPSA) is 116 Å². The normalized spacial score (nSPS) is 22.4. The van der Waals surface area contributed by atoms with Gasteiger partial charge >= 0.3 is 0 Å². The van der Waals surface area contributed by atoms with E-state index in [-0.39, 0.29) is 17.7 Å². The van der Waals surface area contributed by atoms with Crippen LogP contribution in [0.15, 0.2) is 53.4 Å². The van der Waals surface area contributed by atoms with Gasteiger partial charge in [0.1, 0.15) is 22.7 Å². The van der Waals surface area contributed by atoms with Gasteiger partial charge in [-0.2, -0.15) is 0 Å². The molecule has 7 nitrogen and oxygen atoms in total. The van der Waals surface area contributed by atoms with Crippen molar-refractivity contribution in [3.05, 3.63) is 48.5 Å². The number of primary amides is 1. The van der Waals surface area contributed by atoms with Crippen molar-refractivity contribution >= 4 is 27.5 Å². The molecule has 28 heavy (non-hydrogen) atoms. The van der Waals surface area contributed by atoms with Crippen molar-refractivity contribution in [2.75, 3.05) is 12.9 Å². The largest absolute Gasteiger partial charge is 0.497 e. The van der Waals surface area contributed by atoms with Gasteiger partial charge in [-0.25, -0.2) is 8.42 Å². The van der Waals surface area contributed by atoms with Crippen molar-refractivity contribution in [1.29, 1.82) is 0 Å². The summed E-state index contributed by atoms with van der Waals surface area (Å²) < 4.78 is 35.3. The van der Waals surface area contributed by atoms with Crippen molar-refractivity contribution in [3.8, 4) is 17.2 Å². The van der Waals surface area contributed by atoms with E-state index >= 15 is 0 Å². The zero-order valence-electron chi connectivity index (χ0n) is 15.2. The van der Waals surface area contributed by atoms with Gasteiger partial charge in [-0.05, 0) is 60.7 Å². The summed E-state index contributed by atoms with van der Waals surface area (Å²) in [5.41, 5.74) is 4.52. The number of aliphatic hydroxyl groups is 1. The number of thioether (sulfide) groups is 1. The molecule has 2 atom stereocenters. The number of sulfone groups is 1. The molecule has 2 unspecified atom stereocenters. The van der Waals surface area contributed by atoms with Crippen LogP contribution >= 0.6 is 11.8 Å². The monoisotopic (exact) mass is 423 g/mol. The Kier molecular flexibility index (Phi) is 5.87. The van der Waals surface area contributed by atoms with E-state index in [0.29, 0.717) is 23.0 Å². The van der Waals surface area contributed by atoms with Gasteiger partial charge in [-0.3, -0.25) is 4.79 Å². The number of aliphatic hydroxyl groups excluding tert-OH is 1. The Morgan fingerprint density at radius 2 is 1.64 bits per heavy atom. The second kappa shape index (κ2) is 8.02. The van der Waals surface area contributed by atoms with Gasteiger partial charge in [0.2, 0.25) is 5.91 Å².